The van der Waals surface area contributed by atoms with Gasteiger partial charge in [0.15, 0.2) is 0 Å². The van der Waals surface area contributed by atoms with Crippen LogP contribution < -0.4 is 11.3 Å². The first-order valence-corrected chi connectivity index (χ1v) is 6.89. The average Bonchev–Trinajstić information content (AvgIpc) is 2.41. The van der Waals surface area contributed by atoms with Crippen LogP contribution >= 0.6 is 22.6 Å². The van der Waals surface area contributed by atoms with Crippen molar-refractivity contribution in [2.24, 2.45) is 5.84 Å². The van der Waals surface area contributed by atoms with E-state index in [1.165, 1.54) is 12.1 Å². The molecule has 0 aliphatic heterocycles. The molecular weight excluding hydrogens is 380 g/mol. The molecule has 2 nitrogen and oxygen atoms in total. The number of nitrogens with two attached hydrogens (primary N) is 1. The van der Waals surface area contributed by atoms with Gasteiger partial charge in [-0.05, 0) is 51.9 Å². The molecule has 2 aromatic rings. The molecule has 106 valence electrons. The second kappa shape index (κ2) is 6.11. The first-order valence-electron chi connectivity index (χ1n) is 5.81. The van der Waals surface area contributed by atoms with Gasteiger partial charge in [0.25, 0.3) is 0 Å². The van der Waals surface area contributed by atoms with Crippen molar-refractivity contribution in [3.63, 3.8) is 0 Å². The minimum absolute atomic E-state index is 0.342. The maximum Gasteiger partial charge on any atom is 0.416 e. The lowest BCUT2D eigenvalue weighted by atomic mass is 9.98. The first-order chi connectivity index (χ1) is 9.43. The van der Waals surface area contributed by atoms with Crippen molar-refractivity contribution in [2.45, 2.75) is 12.2 Å². The Labute approximate surface area is 128 Å². The standard InChI is InChI=1S/C14H12F3IN2/c15-14(16,17)10-7-5-9(6-8-10)13(20-19)11-3-1-2-4-12(11)18/h1-8,13,20H,19H2. The number of alkyl halides is 3. The zero-order valence-corrected chi connectivity index (χ0v) is 12.4. The number of rotatable bonds is 3. The Morgan fingerprint density at radius 1 is 1.00 bits per heavy atom. The minimum atomic E-state index is -4.33. The third-order valence-electron chi connectivity index (χ3n) is 2.95. The van der Waals surface area contributed by atoms with E-state index in [1.807, 2.05) is 24.3 Å². The maximum absolute atomic E-state index is 12.5. The summed E-state index contributed by atoms with van der Waals surface area (Å²) in [5, 5.41) is 0. The molecule has 2 aromatic carbocycles. The monoisotopic (exact) mass is 392 g/mol. The van der Waals surface area contributed by atoms with Crippen molar-refractivity contribution in [3.05, 3.63) is 68.8 Å². The lowest BCUT2D eigenvalue weighted by Crippen LogP contribution is -2.29. The molecule has 0 heterocycles. The third kappa shape index (κ3) is 3.31. The molecule has 6 heteroatoms. The summed E-state index contributed by atoms with van der Waals surface area (Å²) in [4.78, 5) is 0. The molecule has 0 aromatic heterocycles. The molecule has 2 rings (SSSR count). The van der Waals surface area contributed by atoms with E-state index in [4.69, 9.17) is 5.84 Å². The van der Waals surface area contributed by atoms with Crippen molar-refractivity contribution in [1.82, 2.24) is 5.43 Å². The fourth-order valence-electron chi connectivity index (χ4n) is 1.94. The van der Waals surface area contributed by atoms with Gasteiger partial charge in [0.05, 0.1) is 11.6 Å². The van der Waals surface area contributed by atoms with Crippen LogP contribution in [0.5, 0.6) is 0 Å². The van der Waals surface area contributed by atoms with E-state index in [2.05, 4.69) is 28.0 Å². The molecule has 1 unspecified atom stereocenters. The summed E-state index contributed by atoms with van der Waals surface area (Å²) >= 11 is 2.17. The van der Waals surface area contributed by atoms with Gasteiger partial charge in [0.1, 0.15) is 0 Å². The van der Waals surface area contributed by atoms with Gasteiger partial charge < -0.3 is 0 Å². The van der Waals surface area contributed by atoms with Crippen molar-refractivity contribution in [3.8, 4) is 0 Å². The van der Waals surface area contributed by atoms with E-state index in [0.29, 0.717) is 5.56 Å². The molecule has 3 N–H and O–H groups in total. The quantitative estimate of drug-likeness (QED) is 0.473. The molecule has 0 radical (unpaired) electrons. The van der Waals surface area contributed by atoms with Crippen molar-refractivity contribution < 1.29 is 13.2 Å². The van der Waals surface area contributed by atoms with Crippen LogP contribution in [-0.2, 0) is 6.18 Å². The van der Waals surface area contributed by atoms with Gasteiger partial charge in [-0.2, -0.15) is 13.2 Å². The lowest BCUT2D eigenvalue weighted by molar-refractivity contribution is -0.137. The highest BCUT2D eigenvalue weighted by Gasteiger charge is 2.30. The van der Waals surface area contributed by atoms with E-state index >= 15 is 0 Å². The fraction of sp³-hybridized carbons (Fsp3) is 0.143. The largest absolute Gasteiger partial charge is 0.416 e. The van der Waals surface area contributed by atoms with E-state index in [-0.39, 0.29) is 6.04 Å². The molecule has 0 saturated heterocycles. The van der Waals surface area contributed by atoms with E-state index < -0.39 is 11.7 Å². The summed E-state index contributed by atoms with van der Waals surface area (Å²) < 4.78 is 38.6. The highest BCUT2D eigenvalue weighted by Crippen LogP contribution is 2.31. The number of nitrogens with one attached hydrogen (secondary N) is 1. The highest BCUT2D eigenvalue weighted by atomic mass is 127. The van der Waals surface area contributed by atoms with E-state index in [9.17, 15) is 13.2 Å². The highest BCUT2D eigenvalue weighted by molar-refractivity contribution is 14.1. The van der Waals surface area contributed by atoms with Crippen LogP contribution in [0.3, 0.4) is 0 Å². The fourth-order valence-corrected chi connectivity index (χ4v) is 2.64. The Morgan fingerprint density at radius 2 is 1.60 bits per heavy atom. The van der Waals surface area contributed by atoms with Crippen LogP contribution in [-0.4, -0.2) is 0 Å². The van der Waals surface area contributed by atoms with Gasteiger partial charge in [0, 0.05) is 3.57 Å². The maximum atomic E-state index is 12.5. The number of benzene rings is 2. The normalized spacial score (nSPS) is 13.2. The first kappa shape index (κ1) is 15.3. The predicted molar refractivity (Wildman–Crippen MR) is 79.8 cm³/mol. The molecule has 1 atom stereocenters. The zero-order chi connectivity index (χ0) is 14.8. The smallest absolute Gasteiger partial charge is 0.271 e. The van der Waals surface area contributed by atoms with Gasteiger partial charge in [-0.25, -0.2) is 5.43 Å². The van der Waals surface area contributed by atoms with Crippen LogP contribution in [0.15, 0.2) is 48.5 Å². The van der Waals surface area contributed by atoms with Crippen LogP contribution in [0.4, 0.5) is 13.2 Å². The summed E-state index contributed by atoms with van der Waals surface area (Å²) in [6, 6.07) is 12.2. The Bertz CT molecular complexity index is 582. The van der Waals surface area contributed by atoms with Gasteiger partial charge in [-0.1, -0.05) is 30.3 Å². The Morgan fingerprint density at radius 3 is 2.10 bits per heavy atom. The molecule has 20 heavy (non-hydrogen) atoms. The van der Waals surface area contributed by atoms with Crippen molar-refractivity contribution >= 4 is 22.6 Å². The van der Waals surface area contributed by atoms with Crippen LogP contribution in [0.25, 0.3) is 0 Å². The summed E-state index contributed by atoms with van der Waals surface area (Å²) in [6.07, 6.45) is -4.33. The summed E-state index contributed by atoms with van der Waals surface area (Å²) in [5.74, 6) is 5.55. The topological polar surface area (TPSA) is 38.0 Å². The molecule has 0 aliphatic carbocycles. The summed E-state index contributed by atoms with van der Waals surface area (Å²) in [5.41, 5.74) is 3.59. The van der Waals surface area contributed by atoms with E-state index in [1.54, 1.807) is 0 Å². The molecule has 0 amide bonds. The lowest BCUT2D eigenvalue weighted by Gasteiger charge is -2.19. The van der Waals surface area contributed by atoms with Crippen LogP contribution in [0, 0.1) is 3.57 Å². The molecule has 0 fully saturated rings. The van der Waals surface area contributed by atoms with Gasteiger partial charge >= 0.3 is 6.18 Å². The Balaban J connectivity index is 2.36. The number of hydrazine groups is 1. The number of hydrogen-bond donors (Lipinski definition) is 2. The van der Waals surface area contributed by atoms with Gasteiger partial charge in [-0.15, -0.1) is 0 Å². The van der Waals surface area contributed by atoms with Crippen molar-refractivity contribution in [1.29, 1.82) is 0 Å². The zero-order valence-electron chi connectivity index (χ0n) is 10.3. The minimum Gasteiger partial charge on any atom is -0.271 e. The van der Waals surface area contributed by atoms with Crippen LogP contribution in [0.2, 0.25) is 0 Å². The molecule has 0 bridgehead atoms. The average molecular weight is 392 g/mol. The summed E-state index contributed by atoms with van der Waals surface area (Å²) in [7, 11) is 0. The molecule has 0 spiro atoms. The summed E-state index contributed by atoms with van der Waals surface area (Å²) in [6.45, 7) is 0. The van der Waals surface area contributed by atoms with E-state index in [0.717, 1.165) is 21.3 Å². The second-order valence-corrected chi connectivity index (χ2v) is 5.40. The Kier molecular flexibility index (Phi) is 4.66. The SMILES string of the molecule is NNC(c1ccc(C(F)(F)F)cc1)c1ccccc1I. The molecular formula is C14H12F3IN2. The number of halogens is 4. The molecule has 0 aliphatic rings. The van der Waals surface area contributed by atoms with Gasteiger partial charge in [0.2, 0.25) is 0 Å². The molecule has 0 saturated carbocycles. The number of hydrogen-bond acceptors (Lipinski definition) is 2. The van der Waals surface area contributed by atoms with Gasteiger partial charge in [-0.3, -0.25) is 5.84 Å². The Hall–Kier alpha value is -1.12. The predicted octanol–water partition coefficient (Wildman–Crippen LogP) is 3.86. The van der Waals surface area contributed by atoms with Crippen LogP contribution in [0.1, 0.15) is 22.7 Å². The third-order valence-corrected chi connectivity index (χ3v) is 3.94. The van der Waals surface area contributed by atoms with Crippen molar-refractivity contribution in [2.75, 3.05) is 0 Å². The second-order valence-electron chi connectivity index (χ2n) is 4.24.